The Morgan fingerprint density at radius 3 is 1.26 bits per heavy atom. The smallest absolute Gasteiger partial charge is 0.431 e. The van der Waals surface area contributed by atoms with Crippen molar-refractivity contribution >= 4 is 41.0 Å². The van der Waals surface area contributed by atoms with Crippen molar-refractivity contribution in [3.63, 3.8) is 0 Å². The number of aromatic nitrogens is 4. The molecule has 0 aliphatic carbocycles. The molecule has 0 radical (unpaired) electrons. The Morgan fingerprint density at radius 2 is 0.846 bits per heavy atom. The number of aryl methyl sites for hydroxylation is 1. The first-order valence-corrected chi connectivity index (χ1v) is 47.5. The van der Waals surface area contributed by atoms with Crippen LogP contribution in [-0.4, -0.2) is 225 Å². The number of hydrogen-bond acceptors (Lipinski definition) is 16. The minimum Gasteiger partial charge on any atom is -0.496 e. The summed E-state index contributed by atoms with van der Waals surface area (Å²) in [7, 11) is 9.05. The number of hydrogen-bond donors (Lipinski definition) is 2. The number of unbranched alkanes of at least 4 members (excludes halogenated alkanes) is 1. The lowest BCUT2D eigenvalue weighted by atomic mass is 9.81. The molecule has 0 atom stereocenters. The first-order valence-electron chi connectivity index (χ1n) is 47.5. The van der Waals surface area contributed by atoms with Crippen molar-refractivity contribution < 1.29 is 91.2 Å². The third-order valence-electron chi connectivity index (χ3n) is 29.0. The number of ketones is 3. The lowest BCUT2D eigenvalue weighted by Crippen LogP contribution is -2.56. The number of carbonyl (C=O) groups excluding carboxylic acids is 7. The highest BCUT2D eigenvalue weighted by Crippen LogP contribution is 2.48. The van der Waals surface area contributed by atoms with Gasteiger partial charge in [-0.1, -0.05) is 77.4 Å². The summed E-state index contributed by atoms with van der Waals surface area (Å²) in [4.78, 5) is 106. The molecule has 8 aliphatic heterocycles. The molecule has 31 heteroatoms. The van der Waals surface area contributed by atoms with E-state index in [1.807, 2.05) is 121 Å². The number of methoxy groups -OCH3 is 2. The van der Waals surface area contributed by atoms with Crippen molar-refractivity contribution in [2.24, 2.45) is 11.8 Å². The zero-order chi connectivity index (χ0) is 98.1. The molecule has 734 valence electrons. The number of fused-ring (bicyclic) bond motifs is 8. The quantitative estimate of drug-likeness (QED) is 0.0435. The number of benzene rings is 5. The molecule has 4 aromatic heterocycles. The summed E-state index contributed by atoms with van der Waals surface area (Å²) in [6.45, 7) is 29.2. The fourth-order valence-corrected chi connectivity index (χ4v) is 21.2. The van der Waals surface area contributed by atoms with E-state index in [1.165, 1.54) is 55.5 Å². The van der Waals surface area contributed by atoms with Crippen molar-refractivity contribution in [1.82, 2.24) is 57.9 Å². The van der Waals surface area contributed by atoms with Crippen molar-refractivity contribution in [2.45, 2.75) is 206 Å². The molecule has 8 aliphatic rings. The Bertz CT molecular complexity index is 5860. The van der Waals surface area contributed by atoms with E-state index in [2.05, 4.69) is 66.9 Å². The Morgan fingerprint density at radius 1 is 0.434 bits per heavy atom. The number of ether oxygens (including phenoxy) is 4. The summed E-state index contributed by atoms with van der Waals surface area (Å²) in [5.74, 6) is 0.646. The molecule has 5 aromatic carbocycles. The van der Waals surface area contributed by atoms with Gasteiger partial charge in [-0.3, -0.25) is 48.3 Å². The molecule has 4 spiro atoms. The summed E-state index contributed by atoms with van der Waals surface area (Å²) in [5.41, 5.74) is 5.45. The number of aliphatic hydroxyl groups is 1. The van der Waals surface area contributed by atoms with Crippen LogP contribution < -0.4 is 24.3 Å². The second-order valence-electron chi connectivity index (χ2n) is 38.7. The maximum atomic E-state index is 14.5. The van der Waals surface area contributed by atoms with E-state index in [1.54, 1.807) is 64.3 Å². The predicted molar refractivity (Wildman–Crippen MR) is 508 cm³/mol. The fraction of sp³-hybridized carbons (Fsp3) is 0.495. The van der Waals surface area contributed by atoms with Crippen LogP contribution in [0.25, 0.3) is 0 Å². The molecule has 17 rings (SSSR count). The van der Waals surface area contributed by atoms with Crippen LogP contribution in [0.3, 0.4) is 0 Å². The number of nitrogens with one attached hydrogen (secondary N) is 1. The highest BCUT2D eigenvalue weighted by molar-refractivity contribution is 6.08. The van der Waals surface area contributed by atoms with Gasteiger partial charge < -0.3 is 67.2 Å². The van der Waals surface area contributed by atoms with Gasteiger partial charge in [0.25, 0.3) is 23.6 Å². The van der Waals surface area contributed by atoms with Crippen LogP contribution in [0.4, 0.5) is 30.7 Å². The molecule has 9 aromatic rings. The summed E-state index contributed by atoms with van der Waals surface area (Å²) in [6, 6.07) is 42.6. The number of likely N-dealkylation sites (tertiary alicyclic amines) is 4. The predicted octanol–water partition coefficient (Wildman–Crippen LogP) is 18.0. The largest absolute Gasteiger partial charge is 0.496 e. The van der Waals surface area contributed by atoms with Crippen molar-refractivity contribution in [3.05, 3.63) is 248 Å². The first-order chi connectivity index (χ1) is 64.5. The van der Waals surface area contributed by atoms with E-state index in [0.29, 0.717) is 143 Å². The number of likely N-dealkylation sites (N-methyl/N-ethyl adjacent to an activating group) is 3. The number of Topliss-reactive ketones (excluding diaryl/α,β-unsaturated/α-hetero) is 2. The molecule has 24 nitrogen and oxygen atoms in total. The summed E-state index contributed by atoms with van der Waals surface area (Å²) in [5, 5.41) is 13.5. The second-order valence-corrected chi connectivity index (χ2v) is 38.7. The lowest BCUT2D eigenvalue weighted by Gasteiger charge is -2.50. The van der Waals surface area contributed by atoms with Crippen molar-refractivity contribution in [1.29, 1.82) is 0 Å². The van der Waals surface area contributed by atoms with Gasteiger partial charge in [0.1, 0.15) is 23.0 Å². The molecule has 4 amide bonds. The van der Waals surface area contributed by atoms with Gasteiger partial charge in [-0.25, -0.2) is 4.39 Å². The number of piperidine rings is 4. The van der Waals surface area contributed by atoms with E-state index in [4.69, 9.17) is 18.9 Å². The van der Waals surface area contributed by atoms with Crippen LogP contribution in [-0.2, 0) is 66.3 Å². The van der Waals surface area contributed by atoms with Crippen LogP contribution in [0.15, 0.2) is 152 Å². The molecular weight excluding hydrogens is 1750 g/mol. The van der Waals surface area contributed by atoms with E-state index >= 15 is 0 Å². The Balaban J connectivity index is 0.000000164. The summed E-state index contributed by atoms with van der Waals surface area (Å²) in [6.07, 6.45) is -1.40. The van der Waals surface area contributed by atoms with Gasteiger partial charge in [0.05, 0.1) is 77.3 Å². The number of halogens is 7. The minimum absolute atomic E-state index is 0. The van der Waals surface area contributed by atoms with Crippen LogP contribution >= 0.6 is 0 Å². The van der Waals surface area contributed by atoms with Gasteiger partial charge in [-0.2, -0.15) is 26.3 Å². The molecular formula is C105H133F7N12O12. The third-order valence-corrected chi connectivity index (χ3v) is 29.0. The molecule has 4 fully saturated rings. The van der Waals surface area contributed by atoms with Crippen molar-refractivity contribution in [2.75, 3.05) is 121 Å². The van der Waals surface area contributed by atoms with E-state index in [0.717, 1.165) is 117 Å². The number of amides is 4. The zero-order valence-corrected chi connectivity index (χ0v) is 80.8. The molecule has 0 bridgehead atoms. The number of alkyl halides is 6. The average Bonchev–Trinajstić information content (AvgIpc) is 1.56. The highest BCUT2D eigenvalue weighted by Gasteiger charge is 2.51. The third kappa shape index (κ3) is 20.2. The highest BCUT2D eigenvalue weighted by atomic mass is 19.4. The Hall–Kier alpha value is -11.4. The number of carbonyl (C=O) groups is 7. The standard InChI is InChI=1S/C28H28F3N3O3.C27H37N3O3.C26H34FN3O3.C24H30F3N3O3.2H2/c1-32-16-17-34-22(25(35)19-6-4-3-5-7-19)9-11-24(34)27(32)12-14-33(15-13-27)26(36)20-8-10-23(37-2)21(18-20)28(29,30)31;1-18(2)25(31)22-8-10-24-27(28(6)15-16-30(22)24)11-13-29(14-12-27)26(32)21-7-9-23(20(5)17-21)33-19(3)4;1-17(2)23(31)21-8-9-22-26(28(5)14-15-30(21)22)10-12-29(13-11-26)24(32)18-6-7-19(20(27)16-18)25(3,4)33;1-3-4-15-33-18-6-5-17(16-19(18)32-2)22(31)29-12-9-23(10-13-29)20-7-8-21(24(25,26)27)30(20)14-11-28-23;;/h3-11,18H,12-17H2,1-2H3;7-10,17-19H,11-16H2,1-6H3;6-9,16-17,33H,10-15H2,1-5H3;5-8,16,28H,3-4,9-15H2,1-2H3;2*1H. The van der Waals surface area contributed by atoms with Gasteiger partial charge >= 0.3 is 12.4 Å². The van der Waals surface area contributed by atoms with Gasteiger partial charge in [-0.15, -0.1) is 0 Å². The number of rotatable bonds is 19. The van der Waals surface area contributed by atoms with E-state index < -0.39 is 46.5 Å². The Labute approximate surface area is 794 Å². The molecule has 0 saturated carbocycles. The topological polar surface area (TPSA) is 231 Å². The SMILES string of the molecule is CC(C)C(=O)c1ccc2n1CCN(C)C21CCN(C(=O)c2ccc(C(C)(C)O)c(F)c2)CC1.CCCCOc1ccc(C(=O)N2CCC3(CC2)NCCn2c(C(F)(F)F)ccc23)cc1OC.COc1ccc(C(=O)N2CCC3(CC2)c2ccc(C(=O)c4ccccc4)n2CCN3C)cc1C(F)(F)F.Cc1cc(C(=O)N2CCC3(CC2)c2ccc(C(=O)C(C)C)n2CCN3C)ccc1OC(C)C.[HH].[HH]. The minimum atomic E-state index is -4.63. The van der Waals surface area contributed by atoms with Gasteiger partial charge in [0, 0.05) is 176 Å². The first kappa shape index (κ1) is 101. The van der Waals surface area contributed by atoms with E-state index in [9.17, 15) is 69.4 Å². The normalized spacial score (nSPS) is 18.0. The van der Waals surface area contributed by atoms with Gasteiger partial charge in [0.2, 0.25) is 5.78 Å². The summed E-state index contributed by atoms with van der Waals surface area (Å²) < 4.78 is 125. The molecule has 136 heavy (non-hydrogen) atoms. The zero-order valence-electron chi connectivity index (χ0n) is 80.8. The maximum absolute atomic E-state index is 14.5. The van der Waals surface area contributed by atoms with E-state index in [-0.39, 0.29) is 95.9 Å². The second kappa shape index (κ2) is 40.7. The summed E-state index contributed by atoms with van der Waals surface area (Å²) >= 11 is 0. The maximum Gasteiger partial charge on any atom is 0.431 e. The van der Waals surface area contributed by atoms with Gasteiger partial charge in [-0.05, 0) is 234 Å². The fourth-order valence-electron chi connectivity index (χ4n) is 21.2. The Kier molecular flexibility index (Phi) is 30.1. The molecule has 2 N–H and O–H groups in total. The van der Waals surface area contributed by atoms with Crippen LogP contribution in [0.5, 0.6) is 23.0 Å². The van der Waals surface area contributed by atoms with Crippen molar-refractivity contribution in [3.8, 4) is 23.0 Å². The monoisotopic (exact) mass is 1890 g/mol. The van der Waals surface area contributed by atoms with Gasteiger partial charge in [0.15, 0.2) is 23.1 Å². The lowest BCUT2D eigenvalue weighted by molar-refractivity contribution is -0.144. The van der Waals surface area contributed by atoms with Crippen LogP contribution in [0, 0.1) is 24.6 Å². The van der Waals surface area contributed by atoms with Crippen LogP contribution in [0.1, 0.15) is 253 Å². The molecule has 0 unspecified atom stereocenters. The van der Waals surface area contributed by atoms with Crippen LogP contribution in [0.2, 0.25) is 0 Å². The number of nitrogens with zero attached hydrogens (tertiary/aromatic N) is 11. The average molecular weight is 1890 g/mol. The molecule has 4 saturated heterocycles. The molecule has 12 heterocycles.